The van der Waals surface area contributed by atoms with Crippen LogP contribution in [0.3, 0.4) is 0 Å². The minimum Gasteiger partial charge on any atom is -0.494 e. The van der Waals surface area contributed by atoms with Gasteiger partial charge in [-0.05, 0) is 45.7 Å². The fourth-order valence-corrected chi connectivity index (χ4v) is 5.59. The Labute approximate surface area is 226 Å². The summed E-state index contributed by atoms with van der Waals surface area (Å²) in [5, 5.41) is 7.76. The largest absolute Gasteiger partial charge is 0.494 e. The summed E-state index contributed by atoms with van der Waals surface area (Å²) >= 11 is 5.89. The number of hydrogen-bond donors (Lipinski definition) is 1. The van der Waals surface area contributed by atoms with E-state index in [4.69, 9.17) is 30.5 Å². The van der Waals surface area contributed by atoms with Crippen LogP contribution >= 0.6 is 11.6 Å². The van der Waals surface area contributed by atoms with Gasteiger partial charge in [-0.3, -0.25) is 9.29 Å². The molecule has 1 fully saturated rings. The van der Waals surface area contributed by atoms with Crippen molar-refractivity contribution in [1.29, 1.82) is 0 Å². The second-order valence-electron chi connectivity index (χ2n) is 9.40. The zero-order valence-electron chi connectivity index (χ0n) is 22.0. The van der Waals surface area contributed by atoms with Gasteiger partial charge in [-0.25, -0.2) is 18.4 Å². The standard InChI is InChI=1S/C24H31ClN6O6S/c1-14(20(36-6)21-26-12-15(25)13-27-21)38(32,33)30-23-29-28-22(18-10-11-24(2,3)37-18)31(23)19-16(34-4)8-7-9-17(19)35-5/h7-9,12-14,18,20H,10-11H2,1-6H3,(H,29,30)/t14?,18-,20?/m1/s1. The van der Waals surface area contributed by atoms with Gasteiger partial charge in [0.05, 0.1) is 24.8 Å². The molecule has 2 aromatic heterocycles. The summed E-state index contributed by atoms with van der Waals surface area (Å²) in [6, 6.07) is 5.24. The zero-order chi connectivity index (χ0) is 27.7. The highest BCUT2D eigenvalue weighted by Crippen LogP contribution is 2.42. The molecule has 0 amide bonds. The molecule has 3 heterocycles. The normalized spacial score (nSPS) is 18.7. The monoisotopic (exact) mass is 566 g/mol. The maximum absolute atomic E-state index is 13.6. The fourth-order valence-electron chi connectivity index (χ4n) is 4.37. The van der Waals surface area contributed by atoms with Crippen LogP contribution in [0.15, 0.2) is 30.6 Å². The quantitative estimate of drug-likeness (QED) is 0.384. The number of para-hydroxylation sites is 1. The lowest BCUT2D eigenvalue weighted by molar-refractivity contribution is -0.0207. The van der Waals surface area contributed by atoms with Crippen molar-refractivity contribution in [3.05, 3.63) is 47.3 Å². The summed E-state index contributed by atoms with van der Waals surface area (Å²) in [5.41, 5.74) is 0.0607. The van der Waals surface area contributed by atoms with Crippen LogP contribution < -0.4 is 14.2 Å². The number of methoxy groups -OCH3 is 3. The van der Waals surface area contributed by atoms with E-state index in [0.717, 1.165) is 6.42 Å². The van der Waals surface area contributed by atoms with Crippen molar-refractivity contribution >= 4 is 27.6 Å². The number of benzene rings is 1. The SMILES string of the molecule is COc1cccc(OC)c1-n1c(NS(=O)(=O)C(C)C(OC)c2ncc(Cl)cn2)nnc1[C@H]1CCC(C)(C)O1. The van der Waals surface area contributed by atoms with E-state index in [-0.39, 0.29) is 17.4 Å². The molecule has 0 aliphatic carbocycles. The minimum atomic E-state index is -4.12. The molecular weight excluding hydrogens is 536 g/mol. The predicted octanol–water partition coefficient (Wildman–Crippen LogP) is 3.88. The Kier molecular flexibility index (Phi) is 8.12. The summed E-state index contributed by atoms with van der Waals surface area (Å²) in [7, 11) is 0.289. The van der Waals surface area contributed by atoms with Crippen LogP contribution in [0.1, 0.15) is 57.5 Å². The molecular formula is C24H31ClN6O6S. The van der Waals surface area contributed by atoms with E-state index in [1.807, 2.05) is 13.8 Å². The van der Waals surface area contributed by atoms with Crippen LogP contribution in [0.4, 0.5) is 5.95 Å². The number of aromatic nitrogens is 5. The number of nitrogens with zero attached hydrogens (tertiary/aromatic N) is 5. The van der Waals surface area contributed by atoms with Crippen LogP contribution in [0, 0.1) is 0 Å². The number of nitrogens with one attached hydrogen (secondary N) is 1. The molecule has 2 unspecified atom stereocenters. The second kappa shape index (κ2) is 11.0. The molecule has 1 N–H and O–H groups in total. The summed E-state index contributed by atoms with van der Waals surface area (Å²) in [6.45, 7) is 5.47. The van der Waals surface area contributed by atoms with Crippen molar-refractivity contribution in [1.82, 2.24) is 24.7 Å². The zero-order valence-corrected chi connectivity index (χ0v) is 23.6. The Bertz CT molecular complexity index is 1360. The van der Waals surface area contributed by atoms with E-state index < -0.39 is 27.5 Å². The van der Waals surface area contributed by atoms with Gasteiger partial charge < -0.3 is 18.9 Å². The molecule has 0 bridgehead atoms. The third-order valence-electron chi connectivity index (χ3n) is 6.37. The summed E-state index contributed by atoms with van der Waals surface area (Å²) in [4.78, 5) is 8.26. The van der Waals surface area contributed by atoms with Gasteiger partial charge in [-0.15, -0.1) is 10.2 Å². The molecule has 14 heteroatoms. The highest BCUT2D eigenvalue weighted by molar-refractivity contribution is 7.93. The molecule has 1 aliphatic heterocycles. The molecule has 3 atom stereocenters. The number of sulfonamides is 1. The lowest BCUT2D eigenvalue weighted by Crippen LogP contribution is -2.33. The molecule has 0 saturated carbocycles. The Morgan fingerprint density at radius 2 is 1.76 bits per heavy atom. The van der Waals surface area contributed by atoms with Crippen molar-refractivity contribution in [2.24, 2.45) is 0 Å². The van der Waals surface area contributed by atoms with Crippen LogP contribution in [-0.4, -0.2) is 65.3 Å². The number of hydrogen-bond acceptors (Lipinski definition) is 10. The third-order valence-corrected chi connectivity index (χ3v) is 8.26. The first kappa shape index (κ1) is 28.0. The van der Waals surface area contributed by atoms with Crippen LogP contribution in [-0.2, 0) is 19.5 Å². The second-order valence-corrected chi connectivity index (χ2v) is 11.9. The molecule has 12 nitrogen and oxygen atoms in total. The maximum Gasteiger partial charge on any atom is 0.243 e. The molecule has 1 aliphatic rings. The minimum absolute atomic E-state index is 0.0603. The topological polar surface area (TPSA) is 140 Å². The summed E-state index contributed by atoms with van der Waals surface area (Å²) in [5.74, 6) is 1.38. The lowest BCUT2D eigenvalue weighted by Gasteiger charge is -2.23. The first-order valence-electron chi connectivity index (χ1n) is 11.9. The van der Waals surface area contributed by atoms with Gasteiger partial charge in [-0.1, -0.05) is 17.7 Å². The third kappa shape index (κ3) is 5.55. The van der Waals surface area contributed by atoms with E-state index in [9.17, 15) is 8.42 Å². The molecule has 1 saturated heterocycles. The van der Waals surface area contributed by atoms with E-state index in [0.29, 0.717) is 34.5 Å². The van der Waals surface area contributed by atoms with Crippen molar-refractivity contribution in [2.75, 3.05) is 26.1 Å². The number of ether oxygens (including phenoxy) is 4. The van der Waals surface area contributed by atoms with Crippen molar-refractivity contribution in [2.45, 2.75) is 56.7 Å². The molecule has 1 aromatic carbocycles. The average molecular weight is 567 g/mol. The van der Waals surface area contributed by atoms with Crippen molar-refractivity contribution in [3.8, 4) is 17.2 Å². The van der Waals surface area contributed by atoms with Crippen LogP contribution in [0.5, 0.6) is 11.5 Å². The highest BCUT2D eigenvalue weighted by Gasteiger charge is 2.39. The Balaban J connectivity index is 1.79. The smallest absolute Gasteiger partial charge is 0.243 e. The molecule has 38 heavy (non-hydrogen) atoms. The Morgan fingerprint density at radius 3 is 2.29 bits per heavy atom. The van der Waals surface area contributed by atoms with Gasteiger partial charge >= 0.3 is 0 Å². The fraction of sp³-hybridized carbons (Fsp3) is 0.500. The number of rotatable bonds is 10. The lowest BCUT2D eigenvalue weighted by atomic mass is 10.1. The molecule has 206 valence electrons. The maximum atomic E-state index is 13.6. The first-order chi connectivity index (χ1) is 18.0. The van der Waals surface area contributed by atoms with Gasteiger partial charge in [0.2, 0.25) is 16.0 Å². The van der Waals surface area contributed by atoms with Gasteiger partial charge in [0.25, 0.3) is 0 Å². The highest BCUT2D eigenvalue weighted by atomic mass is 35.5. The van der Waals surface area contributed by atoms with E-state index in [1.165, 1.54) is 40.6 Å². The number of halogens is 1. The Hall–Kier alpha value is -3.00. The summed E-state index contributed by atoms with van der Waals surface area (Å²) < 4.78 is 54.3. The first-order valence-corrected chi connectivity index (χ1v) is 13.8. The predicted molar refractivity (Wildman–Crippen MR) is 140 cm³/mol. The van der Waals surface area contributed by atoms with Gasteiger partial charge in [-0.2, -0.15) is 0 Å². The van der Waals surface area contributed by atoms with Gasteiger partial charge in [0.15, 0.2) is 11.6 Å². The van der Waals surface area contributed by atoms with E-state index in [2.05, 4.69) is 24.9 Å². The van der Waals surface area contributed by atoms with E-state index in [1.54, 1.807) is 22.8 Å². The van der Waals surface area contributed by atoms with E-state index >= 15 is 0 Å². The number of anilines is 1. The molecule has 0 spiro atoms. The molecule has 0 radical (unpaired) electrons. The summed E-state index contributed by atoms with van der Waals surface area (Å²) in [6.07, 6.45) is 2.80. The molecule has 3 aromatic rings. The van der Waals surface area contributed by atoms with Crippen molar-refractivity contribution in [3.63, 3.8) is 0 Å². The van der Waals surface area contributed by atoms with Gasteiger partial charge in [0.1, 0.15) is 34.6 Å². The van der Waals surface area contributed by atoms with Crippen LogP contribution in [0.2, 0.25) is 5.02 Å². The van der Waals surface area contributed by atoms with Crippen LogP contribution in [0.25, 0.3) is 5.69 Å². The average Bonchev–Trinajstić information content (AvgIpc) is 3.46. The Morgan fingerprint density at radius 1 is 1.13 bits per heavy atom. The van der Waals surface area contributed by atoms with Gasteiger partial charge in [0, 0.05) is 19.5 Å². The van der Waals surface area contributed by atoms with Crippen molar-refractivity contribution < 1.29 is 27.4 Å². The molecule has 4 rings (SSSR count).